The molecule has 0 fully saturated rings. The van der Waals surface area contributed by atoms with Gasteiger partial charge in [0.15, 0.2) is 0 Å². The molecule has 3 aromatic rings. The number of nitrogens with zero attached hydrogens (tertiary/aromatic N) is 2. The molecule has 0 radical (unpaired) electrons. The minimum atomic E-state index is -0.244. The molecule has 0 saturated carbocycles. The number of thiophene rings is 1. The van der Waals surface area contributed by atoms with Gasteiger partial charge in [-0.15, -0.1) is 11.3 Å². The van der Waals surface area contributed by atoms with Gasteiger partial charge >= 0.3 is 0 Å². The van der Waals surface area contributed by atoms with Gasteiger partial charge in [0.05, 0.1) is 18.5 Å². The number of nitrogens with two attached hydrogens (primary N) is 1. The second-order valence-corrected chi connectivity index (χ2v) is 8.26. The first kappa shape index (κ1) is 18.7. The van der Waals surface area contributed by atoms with E-state index >= 15 is 0 Å². The number of aromatic nitrogens is 1. The minimum Gasteiger partial charge on any atom is -0.495 e. The number of methoxy groups -OCH3 is 1. The van der Waals surface area contributed by atoms with E-state index in [0.717, 1.165) is 35.4 Å². The van der Waals surface area contributed by atoms with Crippen molar-refractivity contribution >= 4 is 38.8 Å². The third-order valence-electron chi connectivity index (χ3n) is 5.19. The minimum absolute atomic E-state index is 0.244. The molecule has 2 aromatic heterocycles. The van der Waals surface area contributed by atoms with Gasteiger partial charge in [-0.3, -0.25) is 9.69 Å². The summed E-state index contributed by atoms with van der Waals surface area (Å²) in [6.45, 7) is 6.28. The van der Waals surface area contributed by atoms with Crippen LogP contribution in [-0.2, 0) is 13.0 Å². The van der Waals surface area contributed by atoms with E-state index in [2.05, 4.69) is 30.1 Å². The first-order valence-corrected chi connectivity index (χ1v) is 10.2. The molecule has 4 rings (SSSR count). The summed E-state index contributed by atoms with van der Waals surface area (Å²) in [5.41, 5.74) is 9.78. The van der Waals surface area contributed by atoms with Crippen LogP contribution < -0.4 is 15.8 Å². The van der Waals surface area contributed by atoms with Gasteiger partial charge in [0.25, 0.3) is 5.91 Å². The van der Waals surface area contributed by atoms with E-state index in [1.165, 1.54) is 16.9 Å². The highest BCUT2D eigenvalue weighted by Gasteiger charge is 2.24. The Kier molecular flexibility index (Phi) is 4.95. The summed E-state index contributed by atoms with van der Waals surface area (Å²) in [5.74, 6) is 0.365. The lowest BCUT2D eigenvalue weighted by Crippen LogP contribution is -2.36. The van der Waals surface area contributed by atoms with Gasteiger partial charge in [-0.1, -0.05) is 12.1 Å². The zero-order chi connectivity index (χ0) is 19.8. The second-order valence-electron chi connectivity index (χ2n) is 7.26. The fourth-order valence-electron chi connectivity index (χ4n) is 3.56. The second kappa shape index (κ2) is 7.41. The van der Waals surface area contributed by atoms with Crippen molar-refractivity contribution in [3.05, 3.63) is 46.5 Å². The summed E-state index contributed by atoms with van der Waals surface area (Å²) in [5, 5.41) is 3.76. The zero-order valence-corrected chi connectivity index (χ0v) is 17.1. The van der Waals surface area contributed by atoms with Gasteiger partial charge < -0.3 is 15.8 Å². The van der Waals surface area contributed by atoms with E-state index in [1.807, 2.05) is 12.1 Å². The van der Waals surface area contributed by atoms with Crippen molar-refractivity contribution in [3.63, 3.8) is 0 Å². The van der Waals surface area contributed by atoms with Crippen molar-refractivity contribution in [1.29, 1.82) is 0 Å². The van der Waals surface area contributed by atoms with E-state index in [1.54, 1.807) is 19.2 Å². The van der Waals surface area contributed by atoms with Gasteiger partial charge in [0.2, 0.25) is 0 Å². The van der Waals surface area contributed by atoms with Crippen LogP contribution in [0.15, 0.2) is 30.3 Å². The number of pyridine rings is 1. The Morgan fingerprint density at radius 1 is 1.36 bits per heavy atom. The summed E-state index contributed by atoms with van der Waals surface area (Å²) in [4.78, 5) is 21.4. The fourth-order valence-corrected chi connectivity index (χ4v) is 4.55. The topological polar surface area (TPSA) is 80.5 Å². The van der Waals surface area contributed by atoms with Crippen LogP contribution in [-0.4, -0.2) is 35.5 Å². The number of carbonyl (C=O) groups is 1. The molecule has 3 N–H and O–H groups in total. The average Bonchev–Trinajstić information content (AvgIpc) is 3.02. The number of para-hydroxylation sites is 2. The highest BCUT2D eigenvalue weighted by atomic mass is 32.1. The van der Waals surface area contributed by atoms with E-state index < -0.39 is 0 Å². The van der Waals surface area contributed by atoms with E-state index in [9.17, 15) is 4.79 Å². The lowest BCUT2D eigenvalue weighted by atomic mass is 10.0. The van der Waals surface area contributed by atoms with Crippen LogP contribution in [0, 0.1) is 0 Å². The Morgan fingerprint density at radius 2 is 2.14 bits per heavy atom. The molecule has 1 aromatic carbocycles. The molecule has 6 nitrogen and oxygen atoms in total. The van der Waals surface area contributed by atoms with Gasteiger partial charge in [0.1, 0.15) is 15.5 Å². The maximum absolute atomic E-state index is 12.9. The van der Waals surface area contributed by atoms with E-state index in [4.69, 9.17) is 15.5 Å². The molecule has 0 bridgehead atoms. The van der Waals surface area contributed by atoms with Gasteiger partial charge in [0, 0.05) is 36.6 Å². The van der Waals surface area contributed by atoms with Crippen molar-refractivity contribution < 1.29 is 9.53 Å². The number of rotatable bonds is 4. The van der Waals surface area contributed by atoms with Gasteiger partial charge in [-0.05, 0) is 37.6 Å². The molecule has 7 heteroatoms. The zero-order valence-electron chi connectivity index (χ0n) is 16.3. The Hall–Kier alpha value is -2.64. The highest BCUT2D eigenvalue weighted by Crippen LogP contribution is 2.36. The number of hydrogen-bond acceptors (Lipinski definition) is 6. The third kappa shape index (κ3) is 3.31. The van der Waals surface area contributed by atoms with Crippen LogP contribution in [0.5, 0.6) is 5.75 Å². The number of amides is 1. The molecule has 1 aliphatic heterocycles. The highest BCUT2D eigenvalue weighted by molar-refractivity contribution is 7.21. The van der Waals surface area contributed by atoms with Crippen molar-refractivity contribution in [1.82, 2.24) is 9.88 Å². The number of anilines is 2. The summed E-state index contributed by atoms with van der Waals surface area (Å²) in [7, 11) is 1.58. The number of nitrogens with one attached hydrogen (secondary N) is 1. The number of ether oxygens (including phenoxy) is 1. The predicted molar refractivity (Wildman–Crippen MR) is 114 cm³/mol. The van der Waals surface area contributed by atoms with Crippen LogP contribution in [0.1, 0.15) is 34.8 Å². The normalized spacial score (nSPS) is 14.3. The van der Waals surface area contributed by atoms with Crippen molar-refractivity contribution in [3.8, 4) is 5.75 Å². The lowest BCUT2D eigenvalue weighted by molar-refractivity contribution is 0.103. The summed E-state index contributed by atoms with van der Waals surface area (Å²) in [6, 6.07) is 9.92. The van der Waals surface area contributed by atoms with Crippen LogP contribution in [0.2, 0.25) is 0 Å². The summed E-state index contributed by atoms with van der Waals surface area (Å²) in [6.07, 6.45) is 0.921. The molecule has 0 spiro atoms. The number of nitrogen functional groups attached to an aromatic ring is 1. The molecule has 0 atom stereocenters. The van der Waals surface area contributed by atoms with Gasteiger partial charge in [-0.2, -0.15) is 0 Å². The number of carbonyl (C=O) groups excluding carboxylic acids is 1. The summed E-state index contributed by atoms with van der Waals surface area (Å²) < 4.78 is 5.31. The number of benzene rings is 1. The smallest absolute Gasteiger partial charge is 0.268 e. The first-order chi connectivity index (χ1) is 13.5. The predicted octanol–water partition coefficient (Wildman–Crippen LogP) is 3.91. The van der Waals surface area contributed by atoms with Crippen LogP contribution in [0.4, 0.5) is 11.4 Å². The molecule has 3 heterocycles. The Balaban J connectivity index is 1.67. The SMILES string of the molecule is COc1ccccc1NC(=O)c1sc2nc3c(cc2c1N)CN(C(C)C)CC3. The van der Waals surface area contributed by atoms with E-state index in [-0.39, 0.29) is 5.91 Å². The van der Waals surface area contributed by atoms with Crippen molar-refractivity contribution in [2.45, 2.75) is 32.9 Å². The third-order valence-corrected chi connectivity index (χ3v) is 6.30. The maximum atomic E-state index is 12.9. The Morgan fingerprint density at radius 3 is 2.89 bits per heavy atom. The van der Waals surface area contributed by atoms with E-state index in [0.29, 0.717) is 28.0 Å². The molecule has 1 aliphatic rings. The largest absolute Gasteiger partial charge is 0.495 e. The van der Waals surface area contributed by atoms with Crippen molar-refractivity contribution in [2.24, 2.45) is 0 Å². The van der Waals surface area contributed by atoms with Crippen LogP contribution in [0.3, 0.4) is 0 Å². The summed E-state index contributed by atoms with van der Waals surface area (Å²) >= 11 is 1.34. The quantitative estimate of drug-likeness (QED) is 0.699. The molecule has 0 saturated heterocycles. The first-order valence-electron chi connectivity index (χ1n) is 9.37. The average molecular weight is 397 g/mol. The lowest BCUT2D eigenvalue weighted by Gasteiger charge is -2.31. The number of fused-ring (bicyclic) bond motifs is 2. The molecular weight excluding hydrogens is 372 g/mol. The molecule has 146 valence electrons. The van der Waals surface area contributed by atoms with Crippen LogP contribution >= 0.6 is 11.3 Å². The maximum Gasteiger partial charge on any atom is 0.268 e. The van der Waals surface area contributed by atoms with Crippen molar-refractivity contribution in [2.75, 3.05) is 24.7 Å². The molecule has 1 amide bonds. The monoisotopic (exact) mass is 396 g/mol. The Bertz CT molecular complexity index is 1040. The molecule has 0 aliphatic carbocycles. The molecule has 28 heavy (non-hydrogen) atoms. The Labute approximate surface area is 168 Å². The standard InChI is InChI=1S/C21H24N4O2S/c1-12(2)25-9-8-15-13(11-25)10-14-18(22)19(28-21(14)24-15)20(26)23-16-6-4-5-7-17(16)27-3/h4-7,10,12H,8-9,11,22H2,1-3H3,(H,23,26). The van der Waals surface area contributed by atoms with Crippen LogP contribution in [0.25, 0.3) is 10.2 Å². The van der Waals surface area contributed by atoms with Gasteiger partial charge in [-0.25, -0.2) is 4.98 Å². The molecule has 0 unspecified atom stereocenters. The molecular formula is C21H24N4O2S. The fraction of sp³-hybridized carbons (Fsp3) is 0.333. The number of hydrogen-bond donors (Lipinski definition) is 2.